The van der Waals surface area contributed by atoms with Crippen LogP contribution in [0, 0.1) is 0 Å². The van der Waals surface area contributed by atoms with Crippen LogP contribution in [0.3, 0.4) is 0 Å². The molecule has 1 saturated heterocycles. The molecule has 1 atom stereocenters. The average Bonchev–Trinajstić information content (AvgIpc) is 2.63. The van der Waals surface area contributed by atoms with Gasteiger partial charge in [0.25, 0.3) is 0 Å². The average molecular weight is 184 g/mol. The molecule has 0 aromatic rings. The summed E-state index contributed by atoms with van der Waals surface area (Å²) < 4.78 is 0. The molecular formula is C10H20N2O. The first-order valence-electron chi connectivity index (χ1n) is 5.17. The second-order valence-electron chi connectivity index (χ2n) is 3.69. The van der Waals surface area contributed by atoms with Crippen LogP contribution in [-0.2, 0) is 4.79 Å². The van der Waals surface area contributed by atoms with E-state index in [4.69, 9.17) is 0 Å². The van der Waals surface area contributed by atoms with Gasteiger partial charge in [0.05, 0.1) is 0 Å². The third-order valence-electron chi connectivity index (χ3n) is 2.94. The predicted molar refractivity (Wildman–Crippen MR) is 53.6 cm³/mol. The Kier molecular flexibility index (Phi) is 3.72. The quantitative estimate of drug-likeness (QED) is 0.652. The predicted octanol–water partition coefficient (Wildman–Crippen LogP) is 0.949. The molecule has 1 aliphatic heterocycles. The molecule has 0 N–H and O–H groups in total. The van der Waals surface area contributed by atoms with E-state index in [0.717, 1.165) is 26.1 Å². The van der Waals surface area contributed by atoms with E-state index in [0.29, 0.717) is 12.5 Å². The van der Waals surface area contributed by atoms with E-state index in [1.54, 1.807) is 0 Å². The van der Waals surface area contributed by atoms with E-state index in [1.807, 2.05) is 18.9 Å². The summed E-state index contributed by atoms with van der Waals surface area (Å²) >= 11 is 0. The monoisotopic (exact) mass is 184 g/mol. The molecule has 3 nitrogen and oxygen atoms in total. The summed E-state index contributed by atoms with van der Waals surface area (Å²) in [6.45, 7) is 7.39. The molecule has 0 saturated carbocycles. The van der Waals surface area contributed by atoms with E-state index in [-0.39, 0.29) is 5.91 Å². The Morgan fingerprint density at radius 2 is 2.23 bits per heavy atom. The fourth-order valence-electron chi connectivity index (χ4n) is 1.87. The molecule has 0 aromatic heterocycles. The van der Waals surface area contributed by atoms with Crippen molar-refractivity contribution in [2.75, 3.05) is 26.7 Å². The summed E-state index contributed by atoms with van der Waals surface area (Å²) in [5, 5.41) is 0. The van der Waals surface area contributed by atoms with Crippen LogP contribution < -0.4 is 0 Å². The first-order valence-corrected chi connectivity index (χ1v) is 5.17. The van der Waals surface area contributed by atoms with E-state index in [9.17, 15) is 4.79 Å². The Hall–Kier alpha value is -0.570. The van der Waals surface area contributed by atoms with Crippen molar-refractivity contribution in [1.82, 2.24) is 9.80 Å². The van der Waals surface area contributed by atoms with Gasteiger partial charge in [-0.3, -0.25) is 4.79 Å². The zero-order valence-electron chi connectivity index (χ0n) is 8.92. The molecule has 1 fully saturated rings. The zero-order valence-corrected chi connectivity index (χ0v) is 8.92. The molecule has 1 aliphatic rings. The van der Waals surface area contributed by atoms with Crippen LogP contribution in [0.2, 0.25) is 0 Å². The van der Waals surface area contributed by atoms with E-state index in [2.05, 4.69) is 11.8 Å². The maximum Gasteiger partial charge on any atom is 0.222 e. The van der Waals surface area contributed by atoms with Crippen molar-refractivity contribution in [3.8, 4) is 0 Å². The van der Waals surface area contributed by atoms with Gasteiger partial charge < -0.3 is 9.80 Å². The molecule has 0 spiro atoms. The lowest BCUT2D eigenvalue weighted by Gasteiger charge is -2.24. The van der Waals surface area contributed by atoms with Crippen molar-refractivity contribution in [2.45, 2.75) is 32.7 Å². The zero-order chi connectivity index (χ0) is 9.84. The van der Waals surface area contributed by atoms with Crippen LogP contribution in [-0.4, -0.2) is 48.4 Å². The molecule has 0 aliphatic carbocycles. The number of likely N-dealkylation sites (N-methyl/N-ethyl adjacent to an activating group) is 2. The Labute approximate surface area is 80.7 Å². The summed E-state index contributed by atoms with van der Waals surface area (Å²) in [5.41, 5.74) is 0. The van der Waals surface area contributed by atoms with Crippen molar-refractivity contribution >= 4 is 5.91 Å². The maximum atomic E-state index is 11.4. The normalized spacial score (nSPS) is 23.5. The summed E-state index contributed by atoms with van der Waals surface area (Å²) in [6, 6.07) is 0.451. The van der Waals surface area contributed by atoms with Crippen LogP contribution in [0.15, 0.2) is 0 Å². The van der Waals surface area contributed by atoms with E-state index >= 15 is 0 Å². The van der Waals surface area contributed by atoms with Crippen LogP contribution in [0.1, 0.15) is 26.7 Å². The molecule has 13 heavy (non-hydrogen) atoms. The molecule has 0 aromatic carbocycles. The Morgan fingerprint density at radius 3 is 2.69 bits per heavy atom. The molecular weight excluding hydrogens is 164 g/mol. The van der Waals surface area contributed by atoms with Gasteiger partial charge in [-0.25, -0.2) is 0 Å². The third kappa shape index (κ3) is 2.44. The summed E-state index contributed by atoms with van der Waals surface area (Å²) in [6.07, 6.45) is 1.76. The molecule has 1 rings (SSSR count). The number of nitrogens with zero attached hydrogens (tertiary/aromatic N) is 2. The molecule has 3 heteroatoms. The number of likely N-dealkylation sites (tertiary alicyclic amines) is 1. The highest BCUT2D eigenvalue weighted by Crippen LogP contribution is 2.14. The van der Waals surface area contributed by atoms with Gasteiger partial charge in [0.2, 0.25) is 5.91 Å². The highest BCUT2D eigenvalue weighted by molar-refractivity contribution is 5.75. The Bertz CT molecular complexity index is 182. The molecule has 0 unspecified atom stereocenters. The first-order chi connectivity index (χ1) is 6.19. The highest BCUT2D eigenvalue weighted by atomic mass is 16.2. The van der Waals surface area contributed by atoms with E-state index in [1.165, 1.54) is 0 Å². The molecule has 76 valence electrons. The Balaban J connectivity index is 2.41. The number of hydrogen-bond acceptors (Lipinski definition) is 2. The van der Waals surface area contributed by atoms with Crippen molar-refractivity contribution in [3.63, 3.8) is 0 Å². The van der Waals surface area contributed by atoms with Gasteiger partial charge in [-0.15, -0.1) is 0 Å². The minimum atomic E-state index is 0.267. The third-order valence-corrected chi connectivity index (χ3v) is 2.94. The standard InChI is InChI=1S/C10H20N2O/c1-4-10(13)11(3)9-6-7-12(5-2)8-9/h9H,4-8H2,1-3H3/t9-/m0/s1. The summed E-state index contributed by atoms with van der Waals surface area (Å²) in [4.78, 5) is 15.7. The lowest BCUT2D eigenvalue weighted by molar-refractivity contribution is -0.131. The number of hydrogen-bond donors (Lipinski definition) is 0. The van der Waals surface area contributed by atoms with Gasteiger partial charge in [0.1, 0.15) is 0 Å². The lowest BCUT2D eigenvalue weighted by atomic mass is 10.2. The van der Waals surface area contributed by atoms with Gasteiger partial charge in [-0.1, -0.05) is 13.8 Å². The smallest absolute Gasteiger partial charge is 0.222 e. The number of rotatable bonds is 3. The van der Waals surface area contributed by atoms with Crippen molar-refractivity contribution in [2.24, 2.45) is 0 Å². The fraction of sp³-hybridized carbons (Fsp3) is 0.900. The fourth-order valence-corrected chi connectivity index (χ4v) is 1.87. The van der Waals surface area contributed by atoms with Crippen LogP contribution >= 0.6 is 0 Å². The SMILES string of the molecule is CCC(=O)N(C)[C@H]1CCN(CC)C1. The minimum Gasteiger partial charge on any atom is -0.341 e. The highest BCUT2D eigenvalue weighted by Gasteiger charge is 2.26. The minimum absolute atomic E-state index is 0.267. The van der Waals surface area contributed by atoms with Crippen molar-refractivity contribution in [3.05, 3.63) is 0 Å². The van der Waals surface area contributed by atoms with Crippen molar-refractivity contribution < 1.29 is 4.79 Å². The summed E-state index contributed by atoms with van der Waals surface area (Å²) in [7, 11) is 1.93. The number of carbonyl (C=O) groups is 1. The molecule has 0 radical (unpaired) electrons. The summed E-state index contributed by atoms with van der Waals surface area (Å²) in [5.74, 6) is 0.267. The van der Waals surface area contributed by atoms with Crippen LogP contribution in [0.25, 0.3) is 0 Å². The first kappa shape index (κ1) is 10.5. The van der Waals surface area contributed by atoms with Gasteiger partial charge in [-0.05, 0) is 13.0 Å². The van der Waals surface area contributed by atoms with Crippen LogP contribution in [0.4, 0.5) is 0 Å². The number of carbonyl (C=O) groups excluding carboxylic acids is 1. The second kappa shape index (κ2) is 4.61. The molecule has 1 heterocycles. The van der Waals surface area contributed by atoms with Crippen molar-refractivity contribution in [1.29, 1.82) is 0 Å². The van der Waals surface area contributed by atoms with E-state index < -0.39 is 0 Å². The largest absolute Gasteiger partial charge is 0.341 e. The van der Waals surface area contributed by atoms with Gasteiger partial charge in [-0.2, -0.15) is 0 Å². The maximum absolute atomic E-state index is 11.4. The van der Waals surface area contributed by atoms with Crippen LogP contribution in [0.5, 0.6) is 0 Å². The number of amides is 1. The lowest BCUT2D eigenvalue weighted by Crippen LogP contribution is -2.38. The topological polar surface area (TPSA) is 23.6 Å². The second-order valence-corrected chi connectivity index (χ2v) is 3.69. The molecule has 0 bridgehead atoms. The Morgan fingerprint density at radius 1 is 1.54 bits per heavy atom. The van der Waals surface area contributed by atoms with Gasteiger partial charge in [0.15, 0.2) is 0 Å². The molecule has 1 amide bonds. The van der Waals surface area contributed by atoms with Gasteiger partial charge >= 0.3 is 0 Å². The van der Waals surface area contributed by atoms with Gasteiger partial charge in [0, 0.05) is 32.6 Å².